The number of carbonyl (C=O) groups is 1. The van der Waals surface area contributed by atoms with Crippen molar-refractivity contribution in [3.63, 3.8) is 0 Å². The fourth-order valence-corrected chi connectivity index (χ4v) is 5.19. The van der Waals surface area contributed by atoms with E-state index in [2.05, 4.69) is 10.1 Å². The summed E-state index contributed by atoms with van der Waals surface area (Å²) in [5, 5.41) is 9.28. The molecule has 0 saturated heterocycles. The van der Waals surface area contributed by atoms with Crippen LogP contribution in [-0.2, 0) is 4.79 Å². The second kappa shape index (κ2) is 10.6. The molecule has 0 bridgehead atoms. The van der Waals surface area contributed by atoms with Crippen LogP contribution < -0.4 is 19.6 Å². The van der Waals surface area contributed by atoms with Crippen molar-refractivity contribution >= 4 is 28.3 Å². The minimum atomic E-state index is -0.450. The first kappa shape index (κ1) is 25.2. The Bertz CT molecular complexity index is 1940. The Balaban J connectivity index is 1.44. The molecule has 0 unspecified atom stereocenters. The summed E-state index contributed by atoms with van der Waals surface area (Å²) >= 11 is 1.23. The van der Waals surface area contributed by atoms with Crippen LogP contribution in [0.3, 0.4) is 0 Å². The van der Waals surface area contributed by atoms with E-state index >= 15 is 0 Å². The maximum absolute atomic E-state index is 13.4. The Morgan fingerprint density at radius 3 is 2.45 bits per heavy atom. The molecule has 0 N–H and O–H groups in total. The molecule has 3 heterocycles. The molecular weight excluding hydrogens is 526 g/mol. The fourth-order valence-electron chi connectivity index (χ4n) is 4.29. The van der Waals surface area contributed by atoms with E-state index in [9.17, 15) is 9.59 Å². The van der Waals surface area contributed by atoms with Crippen LogP contribution in [-0.4, -0.2) is 37.0 Å². The Morgan fingerprint density at radius 2 is 1.73 bits per heavy atom. The van der Waals surface area contributed by atoms with Crippen LogP contribution in [0.5, 0.6) is 11.5 Å². The number of hydrogen-bond acceptors (Lipinski definition) is 8. The largest absolute Gasteiger partial charge is 0.494 e. The van der Waals surface area contributed by atoms with Crippen LogP contribution >= 0.6 is 11.3 Å². The van der Waals surface area contributed by atoms with E-state index in [-0.39, 0.29) is 5.56 Å². The second-order valence-corrected chi connectivity index (χ2v) is 9.82. The van der Waals surface area contributed by atoms with Gasteiger partial charge in [-0.1, -0.05) is 41.7 Å². The lowest BCUT2D eigenvalue weighted by molar-refractivity contribution is -0.131. The van der Waals surface area contributed by atoms with Crippen molar-refractivity contribution in [1.29, 1.82) is 0 Å². The highest BCUT2D eigenvalue weighted by molar-refractivity contribution is 7.15. The van der Waals surface area contributed by atoms with E-state index in [4.69, 9.17) is 14.6 Å². The lowest BCUT2D eigenvalue weighted by atomic mass is 10.1. The number of carbonyl (C=O) groups excluding carboxylic acids is 1. The number of hydrogen-bond donors (Lipinski definition) is 0. The first-order chi connectivity index (χ1) is 19.5. The van der Waals surface area contributed by atoms with Gasteiger partial charge in [-0.15, -0.1) is 5.10 Å². The fraction of sp³-hybridized carbons (Fsp3) is 0.100. The van der Waals surface area contributed by atoms with Crippen molar-refractivity contribution in [1.82, 2.24) is 24.4 Å². The summed E-state index contributed by atoms with van der Waals surface area (Å²) < 4.78 is 14.4. The van der Waals surface area contributed by atoms with E-state index in [1.54, 1.807) is 28.9 Å². The predicted octanol–water partition coefficient (Wildman–Crippen LogP) is 4.54. The zero-order valence-electron chi connectivity index (χ0n) is 21.6. The van der Waals surface area contributed by atoms with Gasteiger partial charge in [-0.2, -0.15) is 14.6 Å². The van der Waals surface area contributed by atoms with Gasteiger partial charge in [0.05, 0.1) is 22.4 Å². The molecule has 0 fully saturated rings. The molecule has 3 aromatic carbocycles. The third-order valence-corrected chi connectivity index (χ3v) is 7.01. The van der Waals surface area contributed by atoms with E-state index in [1.165, 1.54) is 22.8 Å². The van der Waals surface area contributed by atoms with E-state index < -0.39 is 5.97 Å². The Morgan fingerprint density at radius 1 is 0.975 bits per heavy atom. The van der Waals surface area contributed by atoms with Gasteiger partial charge in [0, 0.05) is 24.2 Å². The number of ether oxygens (including phenoxy) is 2. The van der Waals surface area contributed by atoms with Crippen molar-refractivity contribution in [3.05, 3.63) is 106 Å². The van der Waals surface area contributed by atoms with Crippen molar-refractivity contribution in [2.24, 2.45) is 0 Å². The van der Waals surface area contributed by atoms with Gasteiger partial charge in [0.15, 0.2) is 5.82 Å². The van der Waals surface area contributed by atoms with Gasteiger partial charge in [0.25, 0.3) is 5.56 Å². The highest BCUT2D eigenvalue weighted by Crippen LogP contribution is 2.29. The lowest BCUT2D eigenvalue weighted by Crippen LogP contribution is -2.23. The maximum Gasteiger partial charge on any atom is 0.308 e. The van der Waals surface area contributed by atoms with Crippen LogP contribution in [0, 0.1) is 0 Å². The summed E-state index contributed by atoms with van der Waals surface area (Å²) in [4.78, 5) is 29.9. The molecule has 0 radical (unpaired) electrons. The minimum absolute atomic E-state index is 0.297. The number of benzene rings is 3. The molecule has 0 saturated carbocycles. The minimum Gasteiger partial charge on any atom is -0.494 e. The second-order valence-electron chi connectivity index (χ2n) is 8.81. The summed E-state index contributed by atoms with van der Waals surface area (Å²) in [5.74, 6) is 0.964. The molecular formula is C30H23N5O4S. The highest BCUT2D eigenvalue weighted by atomic mass is 32.1. The average molecular weight is 550 g/mol. The van der Waals surface area contributed by atoms with Gasteiger partial charge in [-0.05, 0) is 61.5 Å². The molecule has 0 spiro atoms. The monoisotopic (exact) mass is 549 g/mol. The van der Waals surface area contributed by atoms with E-state index in [0.29, 0.717) is 33.2 Å². The van der Waals surface area contributed by atoms with Crippen molar-refractivity contribution in [2.45, 2.75) is 13.8 Å². The van der Waals surface area contributed by atoms with Gasteiger partial charge in [-0.3, -0.25) is 9.59 Å². The summed E-state index contributed by atoms with van der Waals surface area (Å²) in [7, 11) is 0. The van der Waals surface area contributed by atoms with Gasteiger partial charge in [-0.25, -0.2) is 4.68 Å². The number of nitrogens with zero attached hydrogens (tertiary/aromatic N) is 5. The van der Waals surface area contributed by atoms with Crippen LogP contribution in [0.25, 0.3) is 39.4 Å². The van der Waals surface area contributed by atoms with Crippen LogP contribution in [0.4, 0.5) is 0 Å². The molecule has 40 heavy (non-hydrogen) atoms. The highest BCUT2D eigenvalue weighted by Gasteiger charge is 2.17. The van der Waals surface area contributed by atoms with Crippen molar-refractivity contribution in [2.75, 3.05) is 6.61 Å². The zero-order valence-corrected chi connectivity index (χ0v) is 22.5. The topological polar surface area (TPSA) is 101 Å². The molecule has 3 aromatic heterocycles. The van der Waals surface area contributed by atoms with Gasteiger partial charge in [0.1, 0.15) is 17.2 Å². The molecule has 0 amide bonds. The van der Waals surface area contributed by atoms with Crippen LogP contribution in [0.2, 0.25) is 0 Å². The Labute approximate surface area is 232 Å². The van der Waals surface area contributed by atoms with E-state index in [0.717, 1.165) is 28.3 Å². The molecule has 198 valence electrons. The molecule has 0 aliphatic rings. The SMILES string of the molecule is CCOc1ccc(-c2nn(-c3ccccc3)cc2/C=c2/sc3nc(-c4ccccc4OC(C)=O)nn3c2=O)cc1. The quantitative estimate of drug-likeness (QED) is 0.213. The third kappa shape index (κ3) is 4.87. The number of esters is 1. The molecule has 0 aliphatic heterocycles. The normalized spacial score (nSPS) is 11.7. The van der Waals surface area contributed by atoms with Crippen molar-refractivity contribution in [3.8, 4) is 39.8 Å². The lowest BCUT2D eigenvalue weighted by Gasteiger charge is -2.04. The third-order valence-electron chi connectivity index (χ3n) is 6.05. The number of aromatic nitrogens is 5. The van der Waals surface area contributed by atoms with Crippen LogP contribution in [0.1, 0.15) is 19.4 Å². The van der Waals surface area contributed by atoms with Gasteiger partial charge < -0.3 is 9.47 Å². The predicted molar refractivity (Wildman–Crippen MR) is 153 cm³/mol. The number of thiazole rings is 1. The Kier molecular flexibility index (Phi) is 6.67. The van der Waals surface area contributed by atoms with Crippen LogP contribution in [0.15, 0.2) is 89.9 Å². The summed E-state index contributed by atoms with van der Waals surface area (Å²) in [6.45, 7) is 3.85. The number of fused-ring (bicyclic) bond motifs is 1. The number of para-hydroxylation sites is 2. The molecule has 0 aliphatic carbocycles. The summed E-state index contributed by atoms with van der Waals surface area (Å²) in [6, 6.07) is 24.5. The first-order valence-electron chi connectivity index (χ1n) is 12.6. The van der Waals surface area contributed by atoms with Gasteiger partial charge in [0.2, 0.25) is 4.96 Å². The molecule has 0 atom stereocenters. The molecule has 6 rings (SSSR count). The first-order valence-corrected chi connectivity index (χ1v) is 13.4. The molecule has 6 aromatic rings. The zero-order chi connectivity index (χ0) is 27.6. The number of rotatable bonds is 7. The Hall–Kier alpha value is -5.09. The average Bonchev–Trinajstić information content (AvgIpc) is 3.65. The standard InChI is InChI=1S/C30H23N5O4S/c1-3-38-23-15-13-20(14-16-23)27-21(18-34(32-27)22-9-5-4-6-10-22)17-26-29(37)35-30(40-26)31-28(33-35)24-11-7-8-12-25(24)39-19(2)36/h4-18H,3H2,1-2H3/b26-17+. The smallest absolute Gasteiger partial charge is 0.308 e. The maximum atomic E-state index is 13.4. The summed E-state index contributed by atoms with van der Waals surface area (Å²) in [5.41, 5.74) is 3.52. The van der Waals surface area contributed by atoms with Crippen molar-refractivity contribution < 1.29 is 14.3 Å². The molecule has 9 nitrogen and oxygen atoms in total. The molecule has 10 heteroatoms. The van der Waals surface area contributed by atoms with Gasteiger partial charge >= 0.3 is 5.97 Å². The summed E-state index contributed by atoms with van der Waals surface area (Å²) in [6.07, 6.45) is 3.71. The van der Waals surface area contributed by atoms with E-state index in [1.807, 2.05) is 73.8 Å².